The lowest BCUT2D eigenvalue weighted by atomic mass is 10.00. The van der Waals surface area contributed by atoms with Crippen molar-refractivity contribution in [1.29, 1.82) is 0 Å². The molecule has 1 aliphatic heterocycles. The first-order valence-corrected chi connectivity index (χ1v) is 9.27. The van der Waals surface area contributed by atoms with Gasteiger partial charge < -0.3 is 4.90 Å². The van der Waals surface area contributed by atoms with Crippen LogP contribution in [0.1, 0.15) is 11.1 Å². The van der Waals surface area contributed by atoms with E-state index in [4.69, 9.17) is 0 Å². The summed E-state index contributed by atoms with van der Waals surface area (Å²) in [5.74, 6) is -0.848. The van der Waals surface area contributed by atoms with Crippen molar-refractivity contribution in [3.63, 3.8) is 0 Å². The second-order valence-corrected chi connectivity index (χ2v) is 6.93. The van der Waals surface area contributed by atoms with Crippen LogP contribution in [-0.2, 0) is 4.79 Å². The fraction of sp³-hybridized carbons (Fsp3) is 0.0833. The van der Waals surface area contributed by atoms with Gasteiger partial charge in [0.2, 0.25) is 0 Å². The van der Waals surface area contributed by atoms with Crippen LogP contribution < -0.4 is 9.91 Å². The molecule has 0 atom stereocenters. The van der Waals surface area contributed by atoms with Crippen molar-refractivity contribution in [3.05, 3.63) is 101 Å². The molecule has 3 aromatic rings. The highest BCUT2D eigenvalue weighted by Gasteiger charge is 2.33. The predicted octanol–water partition coefficient (Wildman–Crippen LogP) is 4.73. The van der Waals surface area contributed by atoms with Crippen LogP contribution in [0.15, 0.2) is 89.5 Å². The van der Waals surface area contributed by atoms with Crippen molar-refractivity contribution >= 4 is 29.1 Å². The molecular weight excluding hydrogens is 365 g/mol. The zero-order valence-electron chi connectivity index (χ0n) is 16.2. The third kappa shape index (κ3) is 3.67. The molecule has 0 spiro atoms. The smallest absolute Gasteiger partial charge is 0.281 e. The number of anilines is 2. The third-order valence-electron chi connectivity index (χ3n) is 4.73. The van der Waals surface area contributed by atoms with E-state index in [1.54, 1.807) is 24.3 Å². The SMILES string of the molecule is CN(C)c1ccc(/C=C2/C(=O)N(c3ccccc3F)N=C2c2ccccc2)cc1. The van der Waals surface area contributed by atoms with Crippen LogP contribution >= 0.6 is 0 Å². The summed E-state index contributed by atoms with van der Waals surface area (Å²) in [6.07, 6.45) is 1.80. The summed E-state index contributed by atoms with van der Waals surface area (Å²) in [4.78, 5) is 15.2. The first-order chi connectivity index (χ1) is 14.0. The molecule has 5 heteroatoms. The van der Waals surface area contributed by atoms with Gasteiger partial charge in [0, 0.05) is 25.3 Å². The van der Waals surface area contributed by atoms with Gasteiger partial charge in [-0.2, -0.15) is 10.1 Å². The van der Waals surface area contributed by atoms with Gasteiger partial charge in [-0.25, -0.2) is 4.39 Å². The van der Waals surface area contributed by atoms with Crippen LogP contribution in [0, 0.1) is 5.82 Å². The van der Waals surface area contributed by atoms with Gasteiger partial charge in [0.25, 0.3) is 5.91 Å². The van der Waals surface area contributed by atoms with Crippen LogP contribution in [-0.4, -0.2) is 25.7 Å². The van der Waals surface area contributed by atoms with Crippen LogP contribution in [0.5, 0.6) is 0 Å². The summed E-state index contributed by atoms with van der Waals surface area (Å²) < 4.78 is 14.3. The van der Waals surface area contributed by atoms with Gasteiger partial charge >= 0.3 is 0 Å². The lowest BCUT2D eigenvalue weighted by Crippen LogP contribution is -2.22. The molecule has 4 nitrogen and oxygen atoms in total. The minimum Gasteiger partial charge on any atom is -0.378 e. The normalized spacial score (nSPS) is 15.0. The van der Waals surface area contributed by atoms with Gasteiger partial charge in [-0.15, -0.1) is 0 Å². The monoisotopic (exact) mass is 385 g/mol. The van der Waals surface area contributed by atoms with Gasteiger partial charge in [0.1, 0.15) is 17.2 Å². The molecule has 0 bridgehead atoms. The molecule has 1 aliphatic rings. The number of rotatable bonds is 4. The summed E-state index contributed by atoms with van der Waals surface area (Å²) in [5.41, 5.74) is 3.83. The summed E-state index contributed by atoms with van der Waals surface area (Å²) in [5, 5.41) is 5.61. The highest BCUT2D eigenvalue weighted by molar-refractivity contribution is 6.37. The summed E-state index contributed by atoms with van der Waals surface area (Å²) in [6.45, 7) is 0. The molecule has 0 saturated carbocycles. The molecular formula is C24H20FN3O. The average Bonchev–Trinajstić information content (AvgIpc) is 3.05. The fourth-order valence-electron chi connectivity index (χ4n) is 3.18. The first kappa shape index (κ1) is 18.6. The molecule has 0 radical (unpaired) electrons. The van der Waals surface area contributed by atoms with Gasteiger partial charge in [0.05, 0.1) is 5.57 Å². The zero-order chi connectivity index (χ0) is 20.4. The Balaban J connectivity index is 1.80. The lowest BCUT2D eigenvalue weighted by Gasteiger charge is -2.13. The van der Waals surface area contributed by atoms with Crippen molar-refractivity contribution in [2.24, 2.45) is 5.10 Å². The number of carbonyl (C=O) groups is 1. The second kappa shape index (κ2) is 7.72. The molecule has 1 amide bonds. The van der Waals surface area contributed by atoms with Crippen molar-refractivity contribution in [2.75, 3.05) is 24.0 Å². The van der Waals surface area contributed by atoms with Crippen molar-refractivity contribution in [2.45, 2.75) is 0 Å². The molecule has 4 rings (SSSR count). The molecule has 29 heavy (non-hydrogen) atoms. The topological polar surface area (TPSA) is 35.9 Å². The Morgan fingerprint density at radius 2 is 1.55 bits per heavy atom. The molecule has 0 fully saturated rings. The quantitative estimate of drug-likeness (QED) is 0.609. The maximum Gasteiger partial charge on any atom is 0.281 e. The Labute approximate surface area is 169 Å². The van der Waals surface area contributed by atoms with Crippen molar-refractivity contribution < 1.29 is 9.18 Å². The Morgan fingerprint density at radius 3 is 2.21 bits per heavy atom. The van der Waals surface area contributed by atoms with E-state index in [1.807, 2.05) is 73.6 Å². The van der Waals surface area contributed by atoms with Crippen molar-refractivity contribution in [1.82, 2.24) is 0 Å². The number of hydrazone groups is 1. The number of benzene rings is 3. The predicted molar refractivity (Wildman–Crippen MR) is 116 cm³/mol. The Morgan fingerprint density at radius 1 is 0.897 bits per heavy atom. The number of para-hydroxylation sites is 1. The number of hydrogen-bond acceptors (Lipinski definition) is 3. The summed E-state index contributed by atoms with van der Waals surface area (Å²) >= 11 is 0. The molecule has 1 heterocycles. The molecule has 3 aromatic carbocycles. The van der Waals surface area contributed by atoms with Crippen LogP contribution in [0.2, 0.25) is 0 Å². The highest BCUT2D eigenvalue weighted by Crippen LogP contribution is 2.29. The number of nitrogens with zero attached hydrogens (tertiary/aromatic N) is 3. The number of hydrogen-bond donors (Lipinski definition) is 0. The second-order valence-electron chi connectivity index (χ2n) is 6.93. The zero-order valence-corrected chi connectivity index (χ0v) is 16.2. The Kier molecular flexibility index (Phi) is 4.96. The molecule has 0 aliphatic carbocycles. The molecule has 0 saturated heterocycles. The number of halogens is 1. The Hall–Kier alpha value is -3.73. The summed E-state index contributed by atoms with van der Waals surface area (Å²) in [6, 6.07) is 23.5. The lowest BCUT2D eigenvalue weighted by molar-refractivity contribution is -0.114. The largest absolute Gasteiger partial charge is 0.378 e. The van der Waals surface area contributed by atoms with Crippen LogP contribution in [0.4, 0.5) is 15.8 Å². The van der Waals surface area contributed by atoms with Gasteiger partial charge in [-0.3, -0.25) is 4.79 Å². The standard InChI is InChI=1S/C24H20FN3O/c1-27(2)19-14-12-17(13-15-19)16-20-23(18-8-4-3-5-9-18)26-28(24(20)29)22-11-7-6-10-21(22)25/h3-16H,1-2H3/b20-16+. The van der Waals surface area contributed by atoms with E-state index in [2.05, 4.69) is 5.10 Å². The van der Waals surface area contributed by atoms with Crippen molar-refractivity contribution in [3.8, 4) is 0 Å². The number of carbonyl (C=O) groups excluding carboxylic acids is 1. The average molecular weight is 385 g/mol. The van der Waals surface area contributed by atoms with Gasteiger partial charge in [0.15, 0.2) is 0 Å². The van der Waals surface area contributed by atoms with Gasteiger partial charge in [-0.1, -0.05) is 54.6 Å². The minimum atomic E-state index is -0.492. The van der Waals surface area contributed by atoms with E-state index >= 15 is 0 Å². The molecule has 0 unspecified atom stereocenters. The molecule has 0 N–H and O–H groups in total. The highest BCUT2D eigenvalue weighted by atomic mass is 19.1. The van der Waals surface area contributed by atoms with E-state index in [9.17, 15) is 9.18 Å². The maximum absolute atomic E-state index is 14.3. The first-order valence-electron chi connectivity index (χ1n) is 9.27. The van der Waals surface area contributed by atoms with E-state index < -0.39 is 5.82 Å². The minimum absolute atomic E-state index is 0.136. The molecule has 0 aromatic heterocycles. The van der Waals surface area contributed by atoms with E-state index in [1.165, 1.54) is 6.07 Å². The van der Waals surface area contributed by atoms with Crippen LogP contribution in [0.3, 0.4) is 0 Å². The number of amides is 1. The Bertz CT molecular complexity index is 1100. The molecule has 144 valence electrons. The fourth-order valence-corrected chi connectivity index (χ4v) is 3.18. The third-order valence-corrected chi connectivity index (χ3v) is 4.73. The van der Waals surface area contributed by atoms with E-state index in [0.29, 0.717) is 11.3 Å². The maximum atomic E-state index is 14.3. The van der Waals surface area contributed by atoms with Crippen LogP contribution in [0.25, 0.3) is 6.08 Å². The van der Waals surface area contributed by atoms with Gasteiger partial charge in [-0.05, 0) is 35.9 Å². The van der Waals surface area contributed by atoms with E-state index in [0.717, 1.165) is 21.8 Å². The van der Waals surface area contributed by atoms with E-state index in [-0.39, 0.29) is 11.6 Å². The summed E-state index contributed by atoms with van der Waals surface area (Å²) in [7, 11) is 3.95.